The van der Waals surface area contributed by atoms with Crippen LogP contribution in [0.15, 0.2) is 29.3 Å². The van der Waals surface area contributed by atoms with Crippen molar-refractivity contribution in [3.63, 3.8) is 0 Å². The Morgan fingerprint density at radius 1 is 1.03 bits per heavy atom. The minimum absolute atomic E-state index is 0.116. The highest BCUT2D eigenvalue weighted by Gasteiger charge is 2.22. The summed E-state index contributed by atoms with van der Waals surface area (Å²) in [5, 5.41) is 9.76. The maximum absolute atomic E-state index is 11.9. The number of ether oxygens (including phenoxy) is 3. The standard InChI is InChI=1S/C22H29N5O5/c1-14-19(15(2)28)13-20(21(23-14)32-5)24-22(25-29)27-8-6-26(7-9-27)16-10-17(30-3)12-18(11-16)31-4/h10-13,29H,6-9H2,1-5H3,(H,24,25). The summed E-state index contributed by atoms with van der Waals surface area (Å²) in [6, 6.07) is 7.38. The number of rotatable bonds is 6. The molecule has 32 heavy (non-hydrogen) atoms. The zero-order valence-corrected chi connectivity index (χ0v) is 19.0. The van der Waals surface area contributed by atoms with Gasteiger partial charge in [-0.15, -0.1) is 0 Å². The van der Waals surface area contributed by atoms with Crippen molar-refractivity contribution in [3.05, 3.63) is 35.5 Å². The van der Waals surface area contributed by atoms with Gasteiger partial charge in [-0.3, -0.25) is 10.0 Å². The molecule has 0 spiro atoms. The first-order valence-electron chi connectivity index (χ1n) is 10.2. The monoisotopic (exact) mass is 443 g/mol. The van der Waals surface area contributed by atoms with Crippen LogP contribution in [-0.2, 0) is 0 Å². The van der Waals surface area contributed by atoms with E-state index in [-0.39, 0.29) is 17.6 Å². The molecule has 0 amide bonds. The van der Waals surface area contributed by atoms with Crippen molar-refractivity contribution in [2.75, 3.05) is 52.4 Å². The second-order valence-electron chi connectivity index (χ2n) is 7.30. The third-order valence-electron chi connectivity index (χ3n) is 5.34. The SMILES string of the molecule is COc1cc(OC)cc(N2CCN(C(=Nc3cc(C(C)=O)c(C)nc3OC)NO)CC2)c1. The molecule has 0 radical (unpaired) electrons. The van der Waals surface area contributed by atoms with Crippen molar-refractivity contribution >= 4 is 23.1 Å². The summed E-state index contributed by atoms with van der Waals surface area (Å²) in [4.78, 5) is 24.8. The quantitative estimate of drug-likeness (QED) is 0.301. The van der Waals surface area contributed by atoms with Gasteiger partial charge < -0.3 is 24.0 Å². The Kier molecular flexibility index (Phi) is 7.37. The van der Waals surface area contributed by atoms with Crippen LogP contribution in [0.2, 0.25) is 0 Å². The van der Waals surface area contributed by atoms with Crippen molar-refractivity contribution < 1.29 is 24.2 Å². The molecule has 172 valence electrons. The molecule has 0 aliphatic carbocycles. The normalized spacial score (nSPS) is 14.2. The number of aromatic nitrogens is 1. The van der Waals surface area contributed by atoms with E-state index in [1.807, 2.05) is 23.1 Å². The Labute approximate surface area is 187 Å². The van der Waals surface area contributed by atoms with E-state index >= 15 is 0 Å². The number of methoxy groups -OCH3 is 3. The molecule has 3 rings (SSSR count). The van der Waals surface area contributed by atoms with E-state index in [0.29, 0.717) is 43.1 Å². The molecule has 0 bridgehead atoms. The summed E-state index contributed by atoms with van der Waals surface area (Å²) in [6.45, 7) is 5.81. The Morgan fingerprint density at radius 3 is 2.16 bits per heavy atom. The number of Topliss-reactive ketones (excluding diaryl/α,β-unsaturated/α-hetero) is 1. The fourth-order valence-electron chi connectivity index (χ4n) is 3.59. The summed E-state index contributed by atoms with van der Waals surface area (Å²) in [7, 11) is 4.73. The number of nitrogens with zero attached hydrogens (tertiary/aromatic N) is 4. The molecule has 1 aliphatic rings. The molecule has 1 fully saturated rings. The lowest BCUT2D eigenvalue weighted by molar-refractivity contribution is 0.101. The van der Waals surface area contributed by atoms with Gasteiger partial charge in [-0.1, -0.05) is 0 Å². The fraction of sp³-hybridized carbons (Fsp3) is 0.409. The molecule has 2 aromatic rings. The maximum atomic E-state index is 11.9. The number of aliphatic imine (C=N–C) groups is 1. The number of nitrogens with one attached hydrogen (secondary N) is 1. The summed E-state index contributed by atoms with van der Waals surface area (Å²) in [6.07, 6.45) is 0. The molecule has 1 aromatic heterocycles. The van der Waals surface area contributed by atoms with Gasteiger partial charge in [0, 0.05) is 55.6 Å². The first-order valence-corrected chi connectivity index (χ1v) is 10.2. The molecule has 1 saturated heterocycles. The topological polar surface area (TPSA) is 109 Å². The molecule has 10 nitrogen and oxygen atoms in total. The van der Waals surface area contributed by atoms with Crippen molar-refractivity contribution in [2.45, 2.75) is 13.8 Å². The maximum Gasteiger partial charge on any atom is 0.240 e. The van der Waals surface area contributed by atoms with E-state index in [0.717, 1.165) is 17.2 Å². The van der Waals surface area contributed by atoms with Crippen LogP contribution in [0.25, 0.3) is 0 Å². The number of guanidine groups is 1. The van der Waals surface area contributed by atoms with E-state index in [2.05, 4.69) is 20.4 Å². The lowest BCUT2D eigenvalue weighted by atomic mass is 10.1. The van der Waals surface area contributed by atoms with Crippen molar-refractivity contribution in [1.29, 1.82) is 0 Å². The molecule has 0 atom stereocenters. The number of hydroxylamine groups is 1. The number of hydrogen-bond donors (Lipinski definition) is 2. The largest absolute Gasteiger partial charge is 0.497 e. The van der Waals surface area contributed by atoms with E-state index in [9.17, 15) is 10.0 Å². The molecule has 0 unspecified atom stereocenters. The Morgan fingerprint density at radius 2 is 1.66 bits per heavy atom. The summed E-state index contributed by atoms with van der Waals surface area (Å²) in [5.41, 5.74) is 4.55. The Hall–Kier alpha value is -3.53. The smallest absolute Gasteiger partial charge is 0.240 e. The highest BCUT2D eigenvalue weighted by Crippen LogP contribution is 2.30. The second kappa shape index (κ2) is 10.2. The molecule has 2 heterocycles. The lowest BCUT2D eigenvalue weighted by Crippen LogP contribution is -2.52. The number of hydrogen-bond acceptors (Lipinski definition) is 8. The third kappa shape index (κ3) is 5.02. The van der Waals surface area contributed by atoms with Crippen LogP contribution in [-0.4, -0.2) is 74.3 Å². The molecule has 0 saturated carbocycles. The molecule has 1 aromatic carbocycles. The predicted molar refractivity (Wildman–Crippen MR) is 121 cm³/mol. The van der Waals surface area contributed by atoms with Gasteiger partial charge in [-0.05, 0) is 19.9 Å². The average molecular weight is 444 g/mol. The van der Waals surface area contributed by atoms with E-state index < -0.39 is 0 Å². The highest BCUT2D eigenvalue weighted by atomic mass is 16.5. The van der Waals surface area contributed by atoms with E-state index in [1.165, 1.54) is 14.0 Å². The van der Waals surface area contributed by atoms with Crippen LogP contribution >= 0.6 is 0 Å². The number of aryl methyl sites for hydroxylation is 1. The molecule has 1 aliphatic heterocycles. The fourth-order valence-corrected chi connectivity index (χ4v) is 3.59. The average Bonchev–Trinajstić information content (AvgIpc) is 2.82. The van der Waals surface area contributed by atoms with Gasteiger partial charge in [0.25, 0.3) is 0 Å². The van der Waals surface area contributed by atoms with Gasteiger partial charge in [-0.2, -0.15) is 0 Å². The number of carbonyl (C=O) groups is 1. The minimum atomic E-state index is -0.116. The number of ketones is 1. The van der Waals surface area contributed by atoms with Crippen LogP contribution in [0.1, 0.15) is 23.0 Å². The van der Waals surface area contributed by atoms with Crippen LogP contribution in [0, 0.1) is 6.92 Å². The lowest BCUT2D eigenvalue weighted by Gasteiger charge is -2.37. The number of carbonyl (C=O) groups excluding carboxylic acids is 1. The van der Waals surface area contributed by atoms with Crippen LogP contribution in [0.3, 0.4) is 0 Å². The summed E-state index contributed by atoms with van der Waals surface area (Å²) >= 11 is 0. The second-order valence-corrected chi connectivity index (χ2v) is 7.30. The van der Waals surface area contributed by atoms with Gasteiger partial charge >= 0.3 is 0 Å². The predicted octanol–water partition coefficient (Wildman–Crippen LogP) is 2.41. The van der Waals surface area contributed by atoms with Crippen molar-refractivity contribution in [1.82, 2.24) is 15.4 Å². The third-order valence-corrected chi connectivity index (χ3v) is 5.34. The van der Waals surface area contributed by atoms with E-state index in [4.69, 9.17) is 14.2 Å². The number of benzene rings is 1. The van der Waals surface area contributed by atoms with Crippen LogP contribution < -0.4 is 24.6 Å². The van der Waals surface area contributed by atoms with Crippen LogP contribution in [0.4, 0.5) is 11.4 Å². The number of pyridine rings is 1. The Bertz CT molecular complexity index is 980. The van der Waals surface area contributed by atoms with Crippen molar-refractivity contribution in [3.8, 4) is 17.4 Å². The van der Waals surface area contributed by atoms with E-state index in [1.54, 1.807) is 27.2 Å². The first-order chi connectivity index (χ1) is 15.4. The molecular formula is C22H29N5O5. The minimum Gasteiger partial charge on any atom is -0.497 e. The number of piperazine rings is 1. The summed E-state index contributed by atoms with van der Waals surface area (Å²) < 4.78 is 16.1. The summed E-state index contributed by atoms with van der Waals surface area (Å²) in [5.74, 6) is 1.87. The van der Waals surface area contributed by atoms with Crippen molar-refractivity contribution in [2.24, 2.45) is 4.99 Å². The van der Waals surface area contributed by atoms with Gasteiger partial charge in [0.2, 0.25) is 11.8 Å². The Balaban J connectivity index is 1.81. The molecule has 10 heteroatoms. The molecule has 2 N–H and O–H groups in total. The zero-order chi connectivity index (χ0) is 23.3. The zero-order valence-electron chi connectivity index (χ0n) is 19.0. The first kappa shape index (κ1) is 23.1. The van der Waals surface area contributed by atoms with Gasteiger partial charge in [0.15, 0.2) is 5.78 Å². The van der Waals surface area contributed by atoms with Gasteiger partial charge in [-0.25, -0.2) is 15.5 Å². The van der Waals surface area contributed by atoms with Gasteiger partial charge in [0.1, 0.15) is 17.2 Å². The number of anilines is 1. The highest BCUT2D eigenvalue weighted by molar-refractivity contribution is 5.96. The van der Waals surface area contributed by atoms with Crippen LogP contribution in [0.5, 0.6) is 17.4 Å². The molecular weight excluding hydrogens is 414 g/mol. The van der Waals surface area contributed by atoms with Gasteiger partial charge in [0.05, 0.1) is 27.0 Å².